The number of guanidine groups is 1. The third-order valence-electron chi connectivity index (χ3n) is 4.59. The van der Waals surface area contributed by atoms with E-state index in [-0.39, 0.29) is 0 Å². The summed E-state index contributed by atoms with van der Waals surface area (Å²) in [6.45, 7) is 6.48. The average molecular weight is 364 g/mol. The summed E-state index contributed by atoms with van der Waals surface area (Å²) < 4.78 is 5.28. The minimum absolute atomic E-state index is 0.610. The number of H-pyrrole nitrogens is 1. The molecule has 0 aliphatic rings. The van der Waals surface area contributed by atoms with Gasteiger partial charge in [-0.15, -0.1) is 0 Å². The highest BCUT2D eigenvalue weighted by atomic mass is 16.5. The summed E-state index contributed by atoms with van der Waals surface area (Å²) >= 11 is 0. The molecule has 1 heterocycles. The number of rotatable bonds is 7. The molecule has 5 nitrogen and oxygen atoms in total. The highest BCUT2D eigenvalue weighted by Crippen LogP contribution is 2.21. The van der Waals surface area contributed by atoms with E-state index in [0.717, 1.165) is 36.8 Å². The van der Waals surface area contributed by atoms with Crippen LogP contribution in [0.25, 0.3) is 10.9 Å². The Labute approximate surface area is 160 Å². The van der Waals surface area contributed by atoms with Gasteiger partial charge in [-0.1, -0.05) is 30.3 Å². The molecule has 0 atom stereocenters. The fraction of sp³-hybridized carbons (Fsp3) is 0.318. The molecule has 3 aromatic rings. The zero-order valence-corrected chi connectivity index (χ0v) is 16.3. The molecule has 27 heavy (non-hydrogen) atoms. The average Bonchev–Trinajstić information content (AvgIpc) is 3.01. The molecule has 0 fully saturated rings. The fourth-order valence-electron chi connectivity index (χ4n) is 3.25. The zero-order valence-electron chi connectivity index (χ0n) is 16.3. The highest BCUT2D eigenvalue weighted by molar-refractivity contribution is 5.84. The molecule has 0 amide bonds. The van der Waals surface area contributed by atoms with E-state index in [9.17, 15) is 0 Å². The quantitative estimate of drug-likeness (QED) is 0.442. The third kappa shape index (κ3) is 4.82. The molecule has 0 aliphatic heterocycles. The van der Waals surface area contributed by atoms with Gasteiger partial charge in [0.15, 0.2) is 5.96 Å². The maximum absolute atomic E-state index is 5.28. The Balaban J connectivity index is 1.63. The molecule has 2 aromatic carbocycles. The van der Waals surface area contributed by atoms with Crippen molar-refractivity contribution in [1.29, 1.82) is 0 Å². The molecular formula is C22H28N4O. The van der Waals surface area contributed by atoms with Crippen LogP contribution in [0, 0.1) is 6.92 Å². The molecule has 0 saturated heterocycles. The molecule has 0 spiro atoms. The number of aromatic amines is 1. The van der Waals surface area contributed by atoms with E-state index in [2.05, 4.69) is 59.8 Å². The van der Waals surface area contributed by atoms with Gasteiger partial charge in [-0.25, -0.2) is 4.99 Å². The van der Waals surface area contributed by atoms with Crippen molar-refractivity contribution in [2.45, 2.75) is 26.8 Å². The van der Waals surface area contributed by atoms with Gasteiger partial charge in [0.25, 0.3) is 0 Å². The number of ether oxygens (including phenoxy) is 1. The number of nitrogens with zero attached hydrogens (tertiary/aromatic N) is 1. The van der Waals surface area contributed by atoms with Crippen molar-refractivity contribution in [1.82, 2.24) is 15.6 Å². The topological polar surface area (TPSA) is 61.4 Å². The Morgan fingerprint density at radius 2 is 1.96 bits per heavy atom. The number of aromatic nitrogens is 1. The van der Waals surface area contributed by atoms with Crippen molar-refractivity contribution in [3.8, 4) is 5.75 Å². The van der Waals surface area contributed by atoms with Crippen molar-refractivity contribution >= 4 is 16.9 Å². The van der Waals surface area contributed by atoms with Crippen molar-refractivity contribution in [2.24, 2.45) is 4.99 Å². The normalized spacial score (nSPS) is 11.6. The Morgan fingerprint density at radius 1 is 1.11 bits per heavy atom. The number of hydrogen-bond donors (Lipinski definition) is 3. The molecular weight excluding hydrogens is 336 g/mol. The summed E-state index contributed by atoms with van der Waals surface area (Å²) in [5, 5.41) is 8.06. The summed E-state index contributed by atoms with van der Waals surface area (Å²) in [6, 6.07) is 16.5. The smallest absolute Gasteiger partial charge is 0.191 e. The monoisotopic (exact) mass is 364 g/mol. The van der Waals surface area contributed by atoms with E-state index in [1.54, 1.807) is 7.11 Å². The molecule has 3 rings (SSSR count). The second-order valence-corrected chi connectivity index (χ2v) is 6.50. The van der Waals surface area contributed by atoms with Crippen molar-refractivity contribution in [3.05, 3.63) is 65.4 Å². The highest BCUT2D eigenvalue weighted by Gasteiger charge is 2.08. The summed E-state index contributed by atoms with van der Waals surface area (Å²) in [6.07, 6.45) is 0.944. The van der Waals surface area contributed by atoms with E-state index >= 15 is 0 Å². The maximum atomic E-state index is 5.28. The van der Waals surface area contributed by atoms with E-state index in [1.807, 2.05) is 18.2 Å². The summed E-state index contributed by atoms with van der Waals surface area (Å²) in [5.41, 5.74) is 4.92. The van der Waals surface area contributed by atoms with Gasteiger partial charge in [-0.2, -0.15) is 0 Å². The van der Waals surface area contributed by atoms with Crippen LogP contribution >= 0.6 is 0 Å². The van der Waals surface area contributed by atoms with Gasteiger partial charge in [0.05, 0.1) is 13.7 Å². The van der Waals surface area contributed by atoms with Gasteiger partial charge in [0.2, 0.25) is 0 Å². The van der Waals surface area contributed by atoms with Crippen LogP contribution in [0.3, 0.4) is 0 Å². The first-order valence-electron chi connectivity index (χ1n) is 9.42. The van der Waals surface area contributed by atoms with Crippen molar-refractivity contribution in [2.75, 3.05) is 20.2 Å². The first-order valence-corrected chi connectivity index (χ1v) is 9.42. The number of nitrogens with one attached hydrogen (secondary N) is 3. The van der Waals surface area contributed by atoms with Gasteiger partial charge >= 0.3 is 0 Å². The van der Waals surface area contributed by atoms with Gasteiger partial charge in [0.1, 0.15) is 5.75 Å². The molecule has 0 unspecified atom stereocenters. The van der Waals surface area contributed by atoms with Crippen LogP contribution in [-0.4, -0.2) is 31.1 Å². The summed E-state index contributed by atoms with van der Waals surface area (Å²) in [4.78, 5) is 8.16. The largest absolute Gasteiger partial charge is 0.497 e. The molecule has 0 radical (unpaired) electrons. The Kier molecular flexibility index (Phi) is 6.36. The predicted molar refractivity (Wildman–Crippen MR) is 113 cm³/mol. The Hall–Kier alpha value is -2.95. The number of benzene rings is 2. The molecule has 1 aromatic heterocycles. The van der Waals surface area contributed by atoms with E-state index in [1.165, 1.54) is 22.2 Å². The standard InChI is InChI=1S/C22H28N4O/c1-4-23-22(25-15-17-8-7-9-18(14-17)27-3)24-13-12-19-16(2)26-21-11-6-5-10-20(19)21/h5-11,14,26H,4,12-13,15H2,1-3H3,(H2,23,24,25). The lowest BCUT2D eigenvalue weighted by Crippen LogP contribution is -2.38. The first-order chi connectivity index (χ1) is 13.2. The van der Waals surface area contributed by atoms with Crippen LogP contribution < -0.4 is 15.4 Å². The number of hydrogen-bond acceptors (Lipinski definition) is 2. The molecule has 3 N–H and O–H groups in total. The number of aryl methyl sites for hydroxylation is 1. The lowest BCUT2D eigenvalue weighted by atomic mass is 10.1. The molecule has 0 bridgehead atoms. The summed E-state index contributed by atoms with van der Waals surface area (Å²) in [7, 11) is 1.68. The number of methoxy groups -OCH3 is 1. The molecule has 0 saturated carbocycles. The minimum Gasteiger partial charge on any atom is -0.497 e. The van der Waals surface area contributed by atoms with Crippen molar-refractivity contribution < 1.29 is 4.74 Å². The fourth-order valence-corrected chi connectivity index (χ4v) is 3.25. The first kappa shape index (κ1) is 18.8. The zero-order chi connectivity index (χ0) is 19.1. The second kappa shape index (κ2) is 9.12. The van der Waals surface area contributed by atoms with Gasteiger partial charge < -0.3 is 20.4 Å². The van der Waals surface area contributed by atoms with Crippen LogP contribution in [0.2, 0.25) is 0 Å². The van der Waals surface area contributed by atoms with Crippen LogP contribution in [0.5, 0.6) is 5.75 Å². The Bertz CT molecular complexity index is 914. The van der Waals surface area contributed by atoms with Crippen LogP contribution in [0.15, 0.2) is 53.5 Å². The number of para-hydroxylation sites is 1. The van der Waals surface area contributed by atoms with Gasteiger partial charge in [-0.3, -0.25) is 0 Å². The van der Waals surface area contributed by atoms with E-state index in [4.69, 9.17) is 9.73 Å². The molecule has 0 aliphatic carbocycles. The molecule has 5 heteroatoms. The van der Waals surface area contributed by atoms with E-state index in [0.29, 0.717) is 6.54 Å². The second-order valence-electron chi connectivity index (χ2n) is 6.50. The van der Waals surface area contributed by atoms with Gasteiger partial charge in [-0.05, 0) is 49.6 Å². The van der Waals surface area contributed by atoms with Crippen molar-refractivity contribution in [3.63, 3.8) is 0 Å². The number of aliphatic imine (C=N–C) groups is 1. The lowest BCUT2D eigenvalue weighted by Gasteiger charge is -2.12. The molecule has 142 valence electrons. The number of fused-ring (bicyclic) bond motifs is 1. The van der Waals surface area contributed by atoms with Crippen LogP contribution in [0.1, 0.15) is 23.7 Å². The minimum atomic E-state index is 0.610. The van der Waals surface area contributed by atoms with E-state index < -0.39 is 0 Å². The maximum Gasteiger partial charge on any atom is 0.191 e. The lowest BCUT2D eigenvalue weighted by molar-refractivity contribution is 0.414. The summed E-state index contributed by atoms with van der Waals surface area (Å²) in [5.74, 6) is 1.69. The van der Waals surface area contributed by atoms with Crippen LogP contribution in [0.4, 0.5) is 0 Å². The predicted octanol–water partition coefficient (Wildman–Crippen LogP) is 3.78. The van der Waals surface area contributed by atoms with Crippen LogP contribution in [-0.2, 0) is 13.0 Å². The third-order valence-corrected chi connectivity index (χ3v) is 4.59. The Morgan fingerprint density at radius 3 is 2.78 bits per heavy atom. The van der Waals surface area contributed by atoms with Gasteiger partial charge in [0, 0.05) is 29.7 Å². The SMILES string of the molecule is CCNC(=NCc1cccc(OC)c1)NCCc1c(C)[nH]c2ccccc12.